The van der Waals surface area contributed by atoms with Crippen molar-refractivity contribution in [3.8, 4) is 22.5 Å². The topological polar surface area (TPSA) is 46.2 Å². The predicted molar refractivity (Wildman–Crippen MR) is 166 cm³/mol. The molecule has 0 saturated carbocycles. The van der Waals surface area contributed by atoms with Gasteiger partial charge in [0.2, 0.25) is 5.79 Å². The third-order valence-electron chi connectivity index (χ3n) is 10.3. The molecule has 0 amide bonds. The Labute approximate surface area is 242 Å². The van der Waals surface area contributed by atoms with Crippen LogP contribution >= 0.6 is 0 Å². The lowest BCUT2D eigenvalue weighted by Gasteiger charge is -2.48. The third kappa shape index (κ3) is 3.07. The minimum atomic E-state index is -1.54. The Kier molecular flexibility index (Phi) is 5.58. The molecule has 0 bridgehead atoms. The lowest BCUT2D eigenvalue weighted by molar-refractivity contribution is -0.792. The summed E-state index contributed by atoms with van der Waals surface area (Å²) in [5, 5.41) is 17.5. The Hall–Kier alpha value is -3.60. The van der Waals surface area contributed by atoms with Gasteiger partial charge in [0.05, 0.1) is 5.56 Å². The van der Waals surface area contributed by atoms with Crippen LogP contribution in [-0.4, -0.2) is 17.2 Å². The summed E-state index contributed by atoms with van der Waals surface area (Å²) in [6.07, 6.45) is 3.34. The quantitative estimate of drug-likeness (QED) is 0.184. The highest BCUT2D eigenvalue weighted by Crippen LogP contribution is 2.58. The van der Waals surface area contributed by atoms with Crippen LogP contribution in [0.3, 0.4) is 0 Å². The zero-order valence-corrected chi connectivity index (χ0v) is 25.2. The molecule has 1 aromatic heterocycles. The van der Waals surface area contributed by atoms with E-state index in [1.165, 1.54) is 38.4 Å². The zero-order valence-electron chi connectivity index (χ0n) is 25.2. The molecule has 7 rings (SSSR count). The van der Waals surface area contributed by atoms with Gasteiger partial charge in [0.25, 0.3) is 6.33 Å². The van der Waals surface area contributed by atoms with E-state index in [4.69, 9.17) is 9.72 Å². The van der Waals surface area contributed by atoms with Crippen LogP contribution in [0.15, 0.2) is 73.1 Å². The molecule has 0 spiro atoms. The van der Waals surface area contributed by atoms with Gasteiger partial charge in [-0.25, -0.2) is 4.57 Å². The Balaban J connectivity index is 1.72. The molecule has 2 aliphatic rings. The van der Waals surface area contributed by atoms with Gasteiger partial charge in [-0.05, 0) is 62.5 Å². The number of ether oxygens (including phenoxy) is 1. The number of aromatic nitrogens is 2. The van der Waals surface area contributed by atoms with Crippen LogP contribution in [0.4, 0.5) is 0 Å². The normalized spacial score (nSPS) is 19.7. The van der Waals surface area contributed by atoms with Crippen molar-refractivity contribution in [2.45, 2.75) is 77.0 Å². The second-order valence-corrected chi connectivity index (χ2v) is 12.7. The largest absolute Gasteiger partial charge is 0.358 e. The van der Waals surface area contributed by atoms with Gasteiger partial charge in [0, 0.05) is 29.2 Å². The lowest BCUT2D eigenvalue weighted by Crippen LogP contribution is -2.71. The Morgan fingerprint density at radius 2 is 1.54 bits per heavy atom. The van der Waals surface area contributed by atoms with Crippen molar-refractivity contribution in [1.29, 1.82) is 0 Å². The Morgan fingerprint density at radius 3 is 2.20 bits per heavy atom. The van der Waals surface area contributed by atoms with Gasteiger partial charge in [0.15, 0.2) is 11.2 Å². The van der Waals surface area contributed by atoms with Crippen LogP contribution in [0, 0.1) is 0 Å². The molecule has 0 saturated heterocycles. The maximum atomic E-state index is 12.8. The van der Waals surface area contributed by atoms with Crippen molar-refractivity contribution >= 4 is 21.5 Å². The molecule has 1 N–H and O–H groups in total. The maximum absolute atomic E-state index is 12.8. The van der Waals surface area contributed by atoms with E-state index in [0.717, 1.165) is 27.9 Å². The average Bonchev–Trinajstić information content (AvgIpc) is 3.23. The minimum absolute atomic E-state index is 0.295. The van der Waals surface area contributed by atoms with E-state index < -0.39 is 11.3 Å². The van der Waals surface area contributed by atoms with Crippen molar-refractivity contribution in [2.75, 3.05) is 7.11 Å². The summed E-state index contributed by atoms with van der Waals surface area (Å²) in [6.45, 7) is 13.5. The first-order valence-electron chi connectivity index (χ1n) is 15.0. The molecule has 1 atom stereocenters. The van der Waals surface area contributed by atoms with Crippen LogP contribution < -0.4 is 4.57 Å². The van der Waals surface area contributed by atoms with Gasteiger partial charge < -0.3 is 9.84 Å². The predicted octanol–water partition coefficient (Wildman–Crippen LogP) is 8.09. The highest BCUT2D eigenvalue weighted by atomic mass is 16.6. The van der Waals surface area contributed by atoms with Crippen LogP contribution in [0.1, 0.15) is 82.6 Å². The lowest BCUT2D eigenvalue weighted by atomic mass is 9.69. The summed E-state index contributed by atoms with van der Waals surface area (Å²) in [7, 11) is 1.65. The first-order chi connectivity index (χ1) is 19.7. The summed E-state index contributed by atoms with van der Waals surface area (Å²) in [5.41, 5.74) is 8.07. The van der Waals surface area contributed by atoms with Gasteiger partial charge in [-0.1, -0.05) is 102 Å². The maximum Gasteiger partial charge on any atom is 0.288 e. The average molecular weight is 544 g/mol. The molecule has 1 aliphatic heterocycles. The van der Waals surface area contributed by atoms with Crippen molar-refractivity contribution in [3.63, 3.8) is 0 Å². The molecule has 4 heteroatoms. The molecule has 2 heterocycles. The van der Waals surface area contributed by atoms with Crippen LogP contribution in [0.2, 0.25) is 0 Å². The van der Waals surface area contributed by atoms with Crippen molar-refractivity contribution in [1.82, 2.24) is 4.98 Å². The summed E-state index contributed by atoms with van der Waals surface area (Å²) in [6, 6.07) is 24.0. The fourth-order valence-electron chi connectivity index (χ4n) is 8.21. The highest BCUT2D eigenvalue weighted by molar-refractivity contribution is 6.03. The Morgan fingerprint density at radius 1 is 0.878 bits per heavy atom. The second kappa shape index (κ2) is 8.70. The van der Waals surface area contributed by atoms with Crippen molar-refractivity contribution < 1.29 is 14.4 Å². The van der Waals surface area contributed by atoms with E-state index in [-0.39, 0.29) is 5.41 Å². The van der Waals surface area contributed by atoms with Gasteiger partial charge in [-0.15, -0.1) is 0 Å². The highest BCUT2D eigenvalue weighted by Gasteiger charge is 2.62. The summed E-state index contributed by atoms with van der Waals surface area (Å²) in [4.78, 5) is 5.24. The number of methoxy groups -OCH3 is 1. The van der Waals surface area contributed by atoms with E-state index in [1.54, 1.807) is 7.11 Å². The molecule has 41 heavy (non-hydrogen) atoms. The van der Waals surface area contributed by atoms with Crippen LogP contribution in [0.25, 0.3) is 44.1 Å². The summed E-state index contributed by atoms with van der Waals surface area (Å²) >= 11 is 0. The molecule has 0 radical (unpaired) electrons. The molecule has 4 nitrogen and oxygen atoms in total. The number of benzene rings is 4. The summed E-state index contributed by atoms with van der Waals surface area (Å²) < 4.78 is 8.54. The number of aliphatic hydroxyl groups is 1. The monoisotopic (exact) mass is 543 g/mol. The van der Waals surface area contributed by atoms with E-state index in [1.807, 2.05) is 6.33 Å². The second-order valence-electron chi connectivity index (χ2n) is 12.7. The van der Waals surface area contributed by atoms with Crippen LogP contribution in [0.5, 0.6) is 0 Å². The van der Waals surface area contributed by atoms with E-state index in [2.05, 4.69) is 113 Å². The van der Waals surface area contributed by atoms with E-state index in [0.29, 0.717) is 18.8 Å². The SMILES string of the molecule is CCC1(CC)[n+]2cnc3c(c2-c2cc(C(C)C)c4ccccc4c2C1(O)OC)C(C)(C)c1ccc2ccccc2c1-3. The molecule has 1 unspecified atom stereocenters. The first-order valence-corrected chi connectivity index (χ1v) is 15.0. The number of nitrogens with zero attached hydrogens (tertiary/aromatic N) is 2. The molecule has 1 aliphatic carbocycles. The van der Waals surface area contributed by atoms with Crippen molar-refractivity contribution in [2.24, 2.45) is 0 Å². The van der Waals surface area contributed by atoms with E-state index >= 15 is 0 Å². The number of hydrogen-bond acceptors (Lipinski definition) is 3. The molecule has 208 valence electrons. The standard InChI is InChI=1S/C37H39N2O2/c1-8-36(9-2)37(40,41-7)31-26-17-13-12-16-25(26)27(22(3)4)20-28(31)34-32-33(38-21-39(34)36)30-24-15-11-10-14-23(24)18-19-29(30)35(32,5)6/h10-22,40H,8-9H2,1-7H3/q+1. The molecule has 5 aromatic rings. The van der Waals surface area contributed by atoms with Gasteiger partial charge in [-0.2, -0.15) is 0 Å². The fourth-order valence-corrected chi connectivity index (χ4v) is 8.21. The summed E-state index contributed by atoms with van der Waals surface area (Å²) in [5.74, 6) is -1.24. The Bertz CT molecular complexity index is 1880. The molecular formula is C37H39N2O2+. The molecule has 0 fully saturated rings. The number of rotatable bonds is 4. The van der Waals surface area contributed by atoms with Gasteiger partial charge in [-0.3, -0.25) is 0 Å². The third-order valence-corrected chi connectivity index (χ3v) is 10.3. The number of fused-ring (bicyclic) bond motifs is 11. The van der Waals surface area contributed by atoms with Crippen LogP contribution in [-0.2, 0) is 21.5 Å². The van der Waals surface area contributed by atoms with Crippen molar-refractivity contribution in [3.05, 3.63) is 95.3 Å². The molecule has 4 aromatic carbocycles. The number of hydrogen-bond donors (Lipinski definition) is 1. The van der Waals surface area contributed by atoms with E-state index in [9.17, 15) is 5.11 Å². The molecular weight excluding hydrogens is 504 g/mol. The van der Waals surface area contributed by atoms with Gasteiger partial charge >= 0.3 is 0 Å². The smallest absolute Gasteiger partial charge is 0.288 e. The minimum Gasteiger partial charge on any atom is -0.358 e. The fraction of sp³-hybridized carbons (Fsp3) is 0.351. The zero-order chi connectivity index (χ0) is 28.9. The van der Waals surface area contributed by atoms with Gasteiger partial charge in [0.1, 0.15) is 5.69 Å². The first kappa shape index (κ1) is 26.3.